The van der Waals surface area contributed by atoms with E-state index >= 15 is 0 Å². The Morgan fingerprint density at radius 1 is 0.889 bits per heavy atom. The van der Waals surface area contributed by atoms with Crippen LogP contribution in [0, 0.1) is 0 Å². The molecule has 0 aliphatic carbocycles. The molecule has 7 heteroatoms. The summed E-state index contributed by atoms with van der Waals surface area (Å²) in [6.45, 7) is 2.94. The maximum absolute atomic E-state index is 12.9. The molecule has 2 aliphatic rings. The van der Waals surface area contributed by atoms with Crippen molar-refractivity contribution in [3.05, 3.63) is 58.6 Å². The van der Waals surface area contributed by atoms with E-state index in [4.69, 9.17) is 23.2 Å². The number of amides is 2. The van der Waals surface area contributed by atoms with E-state index in [9.17, 15) is 9.59 Å². The highest BCUT2D eigenvalue weighted by molar-refractivity contribution is 6.33. The number of nitrogens with zero attached hydrogens (tertiary/aromatic N) is 3. The highest BCUT2D eigenvalue weighted by Gasteiger charge is 2.43. The second kappa shape index (κ2) is 7.50. The maximum atomic E-state index is 12.9. The van der Waals surface area contributed by atoms with Gasteiger partial charge in [-0.1, -0.05) is 41.4 Å². The smallest absolute Gasteiger partial charge is 0.251 e. The minimum Gasteiger partial charge on any atom is -0.368 e. The molecular formula is C20H19Cl2N3O2. The van der Waals surface area contributed by atoms with Crippen LogP contribution in [0.2, 0.25) is 10.0 Å². The molecule has 2 aliphatic heterocycles. The largest absolute Gasteiger partial charge is 0.368 e. The number of para-hydroxylation sites is 1. The molecule has 2 amide bonds. The molecule has 0 radical (unpaired) electrons. The van der Waals surface area contributed by atoms with Crippen molar-refractivity contribution in [2.24, 2.45) is 0 Å². The Bertz CT molecular complexity index is 881. The molecule has 2 saturated heterocycles. The zero-order valence-corrected chi connectivity index (χ0v) is 16.2. The second-order valence-electron chi connectivity index (χ2n) is 6.74. The zero-order chi connectivity index (χ0) is 19.0. The van der Waals surface area contributed by atoms with Crippen molar-refractivity contribution in [1.82, 2.24) is 4.90 Å². The summed E-state index contributed by atoms with van der Waals surface area (Å²) in [4.78, 5) is 31.0. The van der Waals surface area contributed by atoms with Crippen LogP contribution in [0.3, 0.4) is 0 Å². The van der Waals surface area contributed by atoms with Crippen LogP contribution in [0.1, 0.15) is 6.42 Å². The van der Waals surface area contributed by atoms with Crippen LogP contribution in [0.15, 0.2) is 48.5 Å². The summed E-state index contributed by atoms with van der Waals surface area (Å²) in [7, 11) is 0. The first-order valence-corrected chi connectivity index (χ1v) is 9.66. The van der Waals surface area contributed by atoms with Crippen molar-refractivity contribution in [1.29, 1.82) is 0 Å². The Morgan fingerprint density at radius 3 is 2.33 bits per heavy atom. The van der Waals surface area contributed by atoms with Gasteiger partial charge in [0.15, 0.2) is 0 Å². The van der Waals surface area contributed by atoms with E-state index in [-0.39, 0.29) is 18.2 Å². The third-order valence-electron chi connectivity index (χ3n) is 5.14. The predicted octanol–water partition coefficient (Wildman–Crippen LogP) is 3.45. The lowest BCUT2D eigenvalue weighted by Gasteiger charge is -2.38. The predicted molar refractivity (Wildman–Crippen MR) is 108 cm³/mol. The van der Waals surface area contributed by atoms with E-state index in [1.807, 2.05) is 24.3 Å². The van der Waals surface area contributed by atoms with Gasteiger partial charge in [-0.05, 0) is 30.3 Å². The molecule has 0 aromatic heterocycles. The molecule has 1 atom stereocenters. The first-order chi connectivity index (χ1) is 13.0. The fraction of sp³-hybridized carbons (Fsp3) is 0.300. The van der Waals surface area contributed by atoms with Crippen molar-refractivity contribution < 1.29 is 9.59 Å². The van der Waals surface area contributed by atoms with E-state index in [1.54, 1.807) is 24.3 Å². The van der Waals surface area contributed by atoms with Gasteiger partial charge in [0.1, 0.15) is 0 Å². The molecule has 0 saturated carbocycles. The number of hydrogen-bond acceptors (Lipinski definition) is 4. The van der Waals surface area contributed by atoms with Crippen LogP contribution < -0.4 is 9.80 Å². The lowest BCUT2D eigenvalue weighted by Crippen LogP contribution is -2.52. The van der Waals surface area contributed by atoms with Crippen LogP contribution in [-0.4, -0.2) is 48.9 Å². The number of carbonyl (C=O) groups excluding carboxylic acids is 2. The van der Waals surface area contributed by atoms with Gasteiger partial charge in [-0.15, -0.1) is 0 Å². The lowest BCUT2D eigenvalue weighted by atomic mass is 10.1. The summed E-state index contributed by atoms with van der Waals surface area (Å²) in [5.41, 5.74) is 1.54. The summed E-state index contributed by atoms with van der Waals surface area (Å²) in [6.07, 6.45) is 0.206. The van der Waals surface area contributed by atoms with Crippen LogP contribution in [-0.2, 0) is 9.59 Å². The van der Waals surface area contributed by atoms with Crippen LogP contribution in [0.4, 0.5) is 11.4 Å². The topological polar surface area (TPSA) is 43.9 Å². The van der Waals surface area contributed by atoms with Crippen molar-refractivity contribution in [2.75, 3.05) is 36.0 Å². The van der Waals surface area contributed by atoms with Gasteiger partial charge in [-0.2, -0.15) is 0 Å². The van der Waals surface area contributed by atoms with Crippen LogP contribution in [0.5, 0.6) is 0 Å². The Morgan fingerprint density at radius 2 is 1.63 bits per heavy atom. The molecule has 0 N–H and O–H groups in total. The van der Waals surface area contributed by atoms with Gasteiger partial charge >= 0.3 is 0 Å². The van der Waals surface area contributed by atoms with Gasteiger partial charge < -0.3 is 4.90 Å². The van der Waals surface area contributed by atoms with Gasteiger partial charge in [0, 0.05) is 31.2 Å². The van der Waals surface area contributed by atoms with Crippen LogP contribution >= 0.6 is 23.2 Å². The zero-order valence-electron chi connectivity index (χ0n) is 14.6. The first kappa shape index (κ1) is 18.3. The average Bonchev–Trinajstić information content (AvgIpc) is 2.96. The number of piperazine rings is 1. The fourth-order valence-corrected chi connectivity index (χ4v) is 4.21. The molecule has 4 rings (SSSR count). The fourth-order valence-electron chi connectivity index (χ4n) is 3.77. The maximum Gasteiger partial charge on any atom is 0.251 e. The molecule has 140 valence electrons. The SMILES string of the molecule is O=C1C[C@@H](N2CCN(c3ccccc3Cl)CC2)C(=O)N1c1cccc(Cl)c1. The Kier molecular flexibility index (Phi) is 5.08. The minimum atomic E-state index is -0.412. The number of halogens is 2. The summed E-state index contributed by atoms with van der Waals surface area (Å²) < 4.78 is 0. The summed E-state index contributed by atoms with van der Waals surface area (Å²) in [6, 6.07) is 14.2. The molecule has 0 unspecified atom stereocenters. The van der Waals surface area contributed by atoms with E-state index in [0.29, 0.717) is 23.8 Å². The van der Waals surface area contributed by atoms with E-state index < -0.39 is 6.04 Å². The summed E-state index contributed by atoms with van der Waals surface area (Å²) in [5.74, 6) is -0.353. The van der Waals surface area contributed by atoms with Crippen LogP contribution in [0.25, 0.3) is 0 Å². The molecule has 2 aromatic rings. The highest BCUT2D eigenvalue weighted by Crippen LogP contribution is 2.30. The molecule has 5 nitrogen and oxygen atoms in total. The molecule has 2 fully saturated rings. The van der Waals surface area contributed by atoms with E-state index in [2.05, 4.69) is 9.80 Å². The Labute approximate surface area is 168 Å². The second-order valence-corrected chi connectivity index (χ2v) is 7.59. The third-order valence-corrected chi connectivity index (χ3v) is 5.69. The summed E-state index contributed by atoms with van der Waals surface area (Å²) >= 11 is 12.3. The number of rotatable bonds is 3. The number of hydrogen-bond donors (Lipinski definition) is 0. The molecule has 0 spiro atoms. The van der Waals surface area contributed by atoms with Gasteiger partial charge in [-0.3, -0.25) is 14.5 Å². The lowest BCUT2D eigenvalue weighted by molar-refractivity contribution is -0.123. The highest BCUT2D eigenvalue weighted by atomic mass is 35.5. The molecule has 0 bridgehead atoms. The first-order valence-electron chi connectivity index (χ1n) is 8.90. The Hall–Kier alpha value is -2.08. The quantitative estimate of drug-likeness (QED) is 0.736. The Balaban J connectivity index is 1.45. The van der Waals surface area contributed by atoms with Crippen molar-refractivity contribution in [3.63, 3.8) is 0 Å². The van der Waals surface area contributed by atoms with Crippen molar-refractivity contribution >= 4 is 46.4 Å². The van der Waals surface area contributed by atoms with E-state index in [1.165, 1.54) is 4.90 Å². The monoisotopic (exact) mass is 403 g/mol. The minimum absolute atomic E-state index is 0.173. The number of carbonyl (C=O) groups is 2. The van der Waals surface area contributed by atoms with Crippen molar-refractivity contribution in [2.45, 2.75) is 12.5 Å². The van der Waals surface area contributed by atoms with Gasteiger partial charge in [0.2, 0.25) is 5.91 Å². The number of benzene rings is 2. The molecular weight excluding hydrogens is 385 g/mol. The van der Waals surface area contributed by atoms with Crippen molar-refractivity contribution in [3.8, 4) is 0 Å². The standard InChI is InChI=1S/C20H19Cl2N3O2/c21-14-4-3-5-15(12-14)25-19(26)13-18(20(25)27)24-10-8-23(9-11-24)17-7-2-1-6-16(17)22/h1-7,12,18H,8-11,13H2/t18-/m1/s1. The summed E-state index contributed by atoms with van der Waals surface area (Å²) in [5, 5.41) is 1.23. The van der Waals surface area contributed by atoms with Gasteiger partial charge in [0.05, 0.1) is 28.9 Å². The molecule has 27 heavy (non-hydrogen) atoms. The number of anilines is 2. The average molecular weight is 404 g/mol. The van der Waals surface area contributed by atoms with E-state index in [0.717, 1.165) is 23.8 Å². The van der Waals surface area contributed by atoms with Gasteiger partial charge in [0.25, 0.3) is 5.91 Å². The molecule has 2 heterocycles. The normalized spacial score (nSPS) is 21.2. The molecule has 2 aromatic carbocycles. The third kappa shape index (κ3) is 3.55. The van der Waals surface area contributed by atoms with Gasteiger partial charge in [-0.25, -0.2) is 4.90 Å². The number of imide groups is 1.